The summed E-state index contributed by atoms with van der Waals surface area (Å²) in [6.45, 7) is 1.90. The molecule has 170 valence electrons. The molecule has 3 rings (SSSR count). The van der Waals surface area contributed by atoms with Gasteiger partial charge in [0.1, 0.15) is 24.0 Å². The van der Waals surface area contributed by atoms with Crippen LogP contribution in [0.2, 0.25) is 0 Å². The third-order valence-corrected chi connectivity index (χ3v) is 5.11. The average Bonchev–Trinajstić information content (AvgIpc) is 2.82. The second kappa shape index (κ2) is 10.4. The summed E-state index contributed by atoms with van der Waals surface area (Å²) < 4.78 is 5.96. The number of nitrogens with zero attached hydrogens (tertiary/aromatic N) is 1. The molecule has 0 saturated heterocycles. The first-order valence-electron chi connectivity index (χ1n) is 10.2. The van der Waals surface area contributed by atoms with E-state index in [1.165, 1.54) is 0 Å². The molecule has 0 fully saturated rings. The molecule has 9 heteroatoms. The first-order valence-corrected chi connectivity index (χ1v) is 10.2. The number of aliphatic hydroxyl groups is 1. The van der Waals surface area contributed by atoms with E-state index in [9.17, 15) is 9.90 Å². The number of benzene rings is 2. The van der Waals surface area contributed by atoms with Gasteiger partial charge in [-0.25, -0.2) is 0 Å². The number of nitrogens with one attached hydrogen (secondary N) is 3. The van der Waals surface area contributed by atoms with Crippen molar-refractivity contribution < 1.29 is 14.6 Å². The highest BCUT2D eigenvalue weighted by atomic mass is 16.5. The van der Waals surface area contributed by atoms with Gasteiger partial charge in [-0.2, -0.15) is 0 Å². The van der Waals surface area contributed by atoms with Crippen molar-refractivity contribution in [1.29, 1.82) is 10.8 Å². The Labute approximate surface area is 191 Å². The highest BCUT2D eigenvalue weighted by Crippen LogP contribution is 2.26. The number of hydrogen-bond donors (Lipinski definition) is 6. The summed E-state index contributed by atoms with van der Waals surface area (Å²) >= 11 is 0. The maximum atomic E-state index is 12.5. The number of amidine groups is 2. The van der Waals surface area contributed by atoms with Gasteiger partial charge in [-0.05, 0) is 30.2 Å². The number of aliphatic hydroxyl groups excluding tert-OH is 1. The van der Waals surface area contributed by atoms with Crippen molar-refractivity contribution in [3.05, 3.63) is 93.8 Å². The van der Waals surface area contributed by atoms with E-state index in [0.717, 1.165) is 5.56 Å². The van der Waals surface area contributed by atoms with Gasteiger partial charge in [0.25, 0.3) is 5.91 Å². The molecule has 0 aliphatic heterocycles. The minimum Gasteiger partial charge on any atom is -0.487 e. The van der Waals surface area contributed by atoms with Crippen molar-refractivity contribution in [2.45, 2.75) is 26.7 Å². The summed E-state index contributed by atoms with van der Waals surface area (Å²) in [5, 5.41) is 27.7. The van der Waals surface area contributed by atoms with Crippen LogP contribution in [0.25, 0.3) is 0 Å². The van der Waals surface area contributed by atoms with Crippen LogP contribution in [-0.2, 0) is 19.8 Å². The normalized spacial score (nSPS) is 10.5. The predicted octanol–water partition coefficient (Wildman–Crippen LogP) is 1.96. The number of aromatic nitrogens is 1. The van der Waals surface area contributed by atoms with E-state index in [2.05, 4.69) is 10.3 Å². The zero-order valence-electron chi connectivity index (χ0n) is 18.2. The molecule has 1 heterocycles. The third-order valence-electron chi connectivity index (χ3n) is 5.11. The monoisotopic (exact) mass is 446 g/mol. The summed E-state index contributed by atoms with van der Waals surface area (Å²) in [6.07, 6.45) is 1.61. The zero-order chi connectivity index (χ0) is 24.0. The summed E-state index contributed by atoms with van der Waals surface area (Å²) in [7, 11) is 0. The number of nitrogen functional groups attached to an aromatic ring is 2. The highest BCUT2D eigenvalue weighted by molar-refractivity contribution is 5.98. The lowest BCUT2D eigenvalue weighted by atomic mass is 10.1. The molecule has 33 heavy (non-hydrogen) atoms. The van der Waals surface area contributed by atoms with Gasteiger partial charge in [0.05, 0.1) is 12.3 Å². The van der Waals surface area contributed by atoms with Gasteiger partial charge in [-0.1, -0.05) is 36.4 Å². The summed E-state index contributed by atoms with van der Waals surface area (Å²) in [5.74, 6) is 0.0884. The van der Waals surface area contributed by atoms with Crippen LogP contribution in [-0.4, -0.2) is 27.7 Å². The molecule has 0 spiro atoms. The number of carbonyl (C=O) groups is 1. The van der Waals surface area contributed by atoms with Crippen molar-refractivity contribution >= 4 is 17.6 Å². The molecule has 8 N–H and O–H groups in total. The number of amides is 1. The van der Waals surface area contributed by atoms with Gasteiger partial charge in [-0.15, -0.1) is 0 Å². The van der Waals surface area contributed by atoms with E-state index < -0.39 is 0 Å². The molecule has 0 unspecified atom stereocenters. The molecule has 9 nitrogen and oxygen atoms in total. The van der Waals surface area contributed by atoms with Crippen molar-refractivity contribution in [3.63, 3.8) is 0 Å². The molecule has 1 aromatic heterocycles. The summed E-state index contributed by atoms with van der Waals surface area (Å²) in [4.78, 5) is 16.9. The minimum absolute atomic E-state index is 0.00498. The molecule has 0 atom stereocenters. The number of nitrogens with two attached hydrogens (primary N) is 2. The SMILES string of the molecule is Cc1ncc(CNC(=O)c2ccc(C(=N)N)cc2)c(CO)c1OCc1ccc(C(=N)N)cc1. The van der Waals surface area contributed by atoms with E-state index in [0.29, 0.717) is 39.3 Å². The van der Waals surface area contributed by atoms with Crippen LogP contribution in [0.5, 0.6) is 5.75 Å². The number of carbonyl (C=O) groups excluding carboxylic acids is 1. The third kappa shape index (κ3) is 5.72. The fraction of sp³-hybridized carbons (Fsp3) is 0.167. The van der Waals surface area contributed by atoms with Gasteiger partial charge in [0.2, 0.25) is 0 Å². The number of pyridine rings is 1. The van der Waals surface area contributed by atoms with Crippen LogP contribution in [0, 0.1) is 17.7 Å². The van der Waals surface area contributed by atoms with Gasteiger partial charge in [0.15, 0.2) is 0 Å². The summed E-state index contributed by atoms with van der Waals surface area (Å²) in [5.41, 5.74) is 15.2. The Bertz CT molecular complexity index is 1170. The summed E-state index contributed by atoms with van der Waals surface area (Å²) in [6, 6.07) is 13.5. The Balaban J connectivity index is 1.71. The Morgan fingerprint density at radius 1 is 1.00 bits per heavy atom. The zero-order valence-corrected chi connectivity index (χ0v) is 18.2. The Morgan fingerprint density at radius 2 is 1.55 bits per heavy atom. The Morgan fingerprint density at radius 3 is 2.09 bits per heavy atom. The van der Waals surface area contributed by atoms with Crippen LogP contribution < -0.4 is 21.5 Å². The molecule has 0 bridgehead atoms. The highest BCUT2D eigenvalue weighted by Gasteiger charge is 2.15. The van der Waals surface area contributed by atoms with Crippen molar-refractivity contribution in [2.75, 3.05) is 0 Å². The number of hydrogen-bond acceptors (Lipinski definition) is 6. The average molecular weight is 447 g/mol. The van der Waals surface area contributed by atoms with E-state index >= 15 is 0 Å². The van der Waals surface area contributed by atoms with Crippen LogP contribution in [0.1, 0.15) is 43.9 Å². The number of rotatable bonds is 9. The molecule has 0 aliphatic rings. The van der Waals surface area contributed by atoms with Gasteiger partial charge in [0, 0.05) is 35.0 Å². The van der Waals surface area contributed by atoms with E-state index in [-0.39, 0.29) is 37.3 Å². The molecular weight excluding hydrogens is 420 g/mol. The molecule has 0 radical (unpaired) electrons. The minimum atomic E-state index is -0.303. The van der Waals surface area contributed by atoms with Crippen LogP contribution in [0.15, 0.2) is 54.7 Å². The lowest BCUT2D eigenvalue weighted by molar-refractivity contribution is 0.0950. The fourth-order valence-electron chi connectivity index (χ4n) is 3.21. The second-order valence-electron chi connectivity index (χ2n) is 7.41. The first kappa shape index (κ1) is 23.4. The maximum absolute atomic E-state index is 12.5. The van der Waals surface area contributed by atoms with Crippen LogP contribution in [0.3, 0.4) is 0 Å². The lowest BCUT2D eigenvalue weighted by Gasteiger charge is -2.17. The maximum Gasteiger partial charge on any atom is 0.251 e. The molecule has 0 aliphatic carbocycles. The standard InChI is InChI=1S/C24H26N6O3/c1-14-21(33-13-15-2-4-16(5-3-15)22(25)26)20(12-31)19(10-29-14)11-30-24(32)18-8-6-17(7-9-18)23(27)28/h2-10,31H,11-13H2,1H3,(H3,25,26)(H3,27,28)(H,30,32). The fourth-order valence-corrected chi connectivity index (χ4v) is 3.21. The van der Waals surface area contributed by atoms with Crippen LogP contribution in [0.4, 0.5) is 0 Å². The second-order valence-corrected chi connectivity index (χ2v) is 7.41. The Kier molecular flexibility index (Phi) is 7.37. The van der Waals surface area contributed by atoms with E-state index in [1.54, 1.807) is 49.5 Å². The number of ether oxygens (including phenoxy) is 1. The van der Waals surface area contributed by atoms with Crippen molar-refractivity contribution in [2.24, 2.45) is 11.5 Å². The molecule has 3 aromatic rings. The Hall–Kier alpha value is -4.24. The van der Waals surface area contributed by atoms with E-state index in [1.807, 2.05) is 12.1 Å². The van der Waals surface area contributed by atoms with Gasteiger partial charge < -0.3 is 26.6 Å². The van der Waals surface area contributed by atoms with Crippen molar-refractivity contribution in [1.82, 2.24) is 10.3 Å². The molecule has 1 amide bonds. The molecule has 2 aromatic carbocycles. The predicted molar refractivity (Wildman–Crippen MR) is 125 cm³/mol. The number of aryl methyl sites for hydroxylation is 1. The van der Waals surface area contributed by atoms with Gasteiger partial charge >= 0.3 is 0 Å². The molecule has 0 saturated carbocycles. The first-order chi connectivity index (χ1) is 15.8. The van der Waals surface area contributed by atoms with Crippen molar-refractivity contribution in [3.8, 4) is 5.75 Å². The van der Waals surface area contributed by atoms with Crippen LogP contribution >= 0.6 is 0 Å². The largest absolute Gasteiger partial charge is 0.487 e. The quantitative estimate of drug-likeness (QED) is 0.217. The lowest BCUT2D eigenvalue weighted by Crippen LogP contribution is -2.24. The molecular formula is C24H26N6O3. The van der Waals surface area contributed by atoms with E-state index in [4.69, 9.17) is 27.0 Å². The van der Waals surface area contributed by atoms with Gasteiger partial charge in [-0.3, -0.25) is 20.6 Å². The smallest absolute Gasteiger partial charge is 0.251 e. The topological polar surface area (TPSA) is 171 Å².